The van der Waals surface area contributed by atoms with Crippen LogP contribution >= 0.6 is 0 Å². The Hall–Kier alpha value is -2.16. The zero-order chi connectivity index (χ0) is 15.9. The van der Waals surface area contributed by atoms with Gasteiger partial charge in [-0.05, 0) is 51.8 Å². The zero-order valence-electron chi connectivity index (χ0n) is 13.3. The molecule has 1 aliphatic rings. The summed E-state index contributed by atoms with van der Waals surface area (Å²) >= 11 is 0. The van der Waals surface area contributed by atoms with Crippen LogP contribution in [0, 0.1) is 19.8 Å². The molecule has 0 aliphatic heterocycles. The molecule has 0 fully saturated rings. The standard InChI is InChI=1S/C19H21NO2/c1-12-4-7-16(8-5-12)20-13(2)10-17-18(20)9-6-15(19(17)22)11-14(3)21/h4-5,7-8,10,15H,6,9,11H2,1-3H3. The van der Waals surface area contributed by atoms with Crippen molar-refractivity contribution in [3.05, 3.63) is 52.8 Å². The molecule has 1 aliphatic carbocycles. The number of nitrogens with zero attached hydrogens (tertiary/aromatic N) is 1. The van der Waals surface area contributed by atoms with E-state index in [1.807, 2.05) is 13.0 Å². The Morgan fingerprint density at radius 1 is 1.23 bits per heavy atom. The smallest absolute Gasteiger partial charge is 0.168 e. The summed E-state index contributed by atoms with van der Waals surface area (Å²) in [5, 5.41) is 0. The number of aromatic nitrogens is 1. The maximum Gasteiger partial charge on any atom is 0.168 e. The summed E-state index contributed by atoms with van der Waals surface area (Å²) in [4.78, 5) is 24.0. The molecular weight excluding hydrogens is 274 g/mol. The van der Waals surface area contributed by atoms with Gasteiger partial charge in [0.15, 0.2) is 5.78 Å². The topological polar surface area (TPSA) is 39.1 Å². The number of benzene rings is 1. The number of carbonyl (C=O) groups excluding carboxylic acids is 2. The molecule has 22 heavy (non-hydrogen) atoms. The molecule has 3 rings (SSSR count). The lowest BCUT2D eigenvalue weighted by Crippen LogP contribution is -2.24. The van der Waals surface area contributed by atoms with Crippen LogP contribution in [0.1, 0.15) is 47.1 Å². The molecule has 0 spiro atoms. The second-order valence-electron chi connectivity index (χ2n) is 6.32. The van der Waals surface area contributed by atoms with Crippen LogP contribution in [0.4, 0.5) is 0 Å². The van der Waals surface area contributed by atoms with Crippen molar-refractivity contribution in [2.24, 2.45) is 5.92 Å². The average Bonchev–Trinajstić information content (AvgIpc) is 2.80. The Morgan fingerprint density at radius 3 is 2.55 bits per heavy atom. The Labute approximate surface area is 131 Å². The number of ketones is 2. The summed E-state index contributed by atoms with van der Waals surface area (Å²) in [6.07, 6.45) is 1.98. The van der Waals surface area contributed by atoms with Crippen molar-refractivity contribution in [1.29, 1.82) is 0 Å². The highest BCUT2D eigenvalue weighted by atomic mass is 16.1. The molecule has 0 bridgehead atoms. The van der Waals surface area contributed by atoms with E-state index in [0.29, 0.717) is 6.42 Å². The summed E-state index contributed by atoms with van der Waals surface area (Å²) in [5.41, 5.74) is 5.29. The van der Waals surface area contributed by atoms with Crippen LogP contribution < -0.4 is 0 Å². The first kappa shape index (κ1) is 14.8. The molecule has 0 radical (unpaired) electrons. The van der Waals surface area contributed by atoms with Crippen LogP contribution in [0.5, 0.6) is 0 Å². The summed E-state index contributed by atoms with van der Waals surface area (Å²) < 4.78 is 2.18. The number of hydrogen-bond acceptors (Lipinski definition) is 2. The highest BCUT2D eigenvalue weighted by Crippen LogP contribution is 2.32. The predicted molar refractivity (Wildman–Crippen MR) is 86.7 cm³/mol. The molecule has 1 aromatic carbocycles. The summed E-state index contributed by atoms with van der Waals surface area (Å²) in [7, 11) is 0. The quantitative estimate of drug-likeness (QED) is 0.863. The van der Waals surface area contributed by atoms with E-state index >= 15 is 0 Å². The fraction of sp³-hybridized carbons (Fsp3) is 0.368. The van der Waals surface area contributed by atoms with Gasteiger partial charge in [0.05, 0.1) is 0 Å². The minimum atomic E-state index is -0.140. The van der Waals surface area contributed by atoms with E-state index in [9.17, 15) is 9.59 Å². The highest BCUT2D eigenvalue weighted by Gasteiger charge is 2.31. The minimum absolute atomic E-state index is 0.0940. The molecular formula is C19H21NO2. The number of aryl methyl sites for hydroxylation is 2. The lowest BCUT2D eigenvalue weighted by molar-refractivity contribution is -0.117. The molecule has 1 atom stereocenters. The number of rotatable bonds is 3. The van der Waals surface area contributed by atoms with E-state index in [1.54, 1.807) is 6.92 Å². The van der Waals surface area contributed by atoms with E-state index in [1.165, 1.54) is 5.56 Å². The monoisotopic (exact) mass is 295 g/mol. The van der Waals surface area contributed by atoms with Gasteiger partial charge >= 0.3 is 0 Å². The van der Waals surface area contributed by atoms with Crippen LogP contribution in [0.25, 0.3) is 5.69 Å². The molecule has 3 heteroatoms. The van der Waals surface area contributed by atoms with Crippen molar-refractivity contribution in [3.63, 3.8) is 0 Å². The Kier molecular flexibility index (Phi) is 3.73. The average molecular weight is 295 g/mol. The molecule has 0 N–H and O–H groups in total. The predicted octanol–water partition coefficient (Wildman–Crippen LogP) is 3.82. The zero-order valence-corrected chi connectivity index (χ0v) is 13.3. The van der Waals surface area contributed by atoms with Gasteiger partial charge < -0.3 is 9.36 Å². The summed E-state index contributed by atoms with van der Waals surface area (Å²) in [5.74, 6) is 0.0835. The van der Waals surface area contributed by atoms with Gasteiger partial charge in [-0.15, -0.1) is 0 Å². The van der Waals surface area contributed by atoms with Crippen molar-refractivity contribution < 1.29 is 9.59 Å². The molecule has 114 valence electrons. The second kappa shape index (κ2) is 5.56. The molecule has 1 heterocycles. The first-order valence-corrected chi connectivity index (χ1v) is 7.79. The molecule has 2 aromatic rings. The normalized spacial score (nSPS) is 17.4. The van der Waals surface area contributed by atoms with Gasteiger partial charge in [0.25, 0.3) is 0 Å². The largest absolute Gasteiger partial charge is 0.317 e. The number of fused-ring (bicyclic) bond motifs is 1. The van der Waals surface area contributed by atoms with Crippen molar-refractivity contribution in [3.8, 4) is 5.69 Å². The summed E-state index contributed by atoms with van der Waals surface area (Å²) in [6.45, 7) is 5.66. The van der Waals surface area contributed by atoms with Gasteiger partial charge in [0.2, 0.25) is 0 Å². The third-order valence-corrected chi connectivity index (χ3v) is 4.48. The molecule has 0 saturated carbocycles. The van der Waals surface area contributed by atoms with Gasteiger partial charge in [-0.25, -0.2) is 0 Å². The Balaban J connectivity index is 2.02. The van der Waals surface area contributed by atoms with E-state index < -0.39 is 0 Å². The fourth-order valence-corrected chi connectivity index (χ4v) is 3.41. The first-order chi connectivity index (χ1) is 10.5. The molecule has 1 aromatic heterocycles. The number of carbonyl (C=O) groups is 2. The van der Waals surface area contributed by atoms with Crippen molar-refractivity contribution in [2.75, 3.05) is 0 Å². The van der Waals surface area contributed by atoms with E-state index in [4.69, 9.17) is 0 Å². The van der Waals surface area contributed by atoms with Gasteiger partial charge in [0, 0.05) is 35.0 Å². The van der Waals surface area contributed by atoms with Crippen molar-refractivity contribution in [2.45, 2.75) is 40.0 Å². The lowest BCUT2D eigenvalue weighted by atomic mass is 9.83. The van der Waals surface area contributed by atoms with Crippen molar-refractivity contribution in [1.82, 2.24) is 4.57 Å². The third kappa shape index (κ3) is 2.52. The maximum absolute atomic E-state index is 12.6. The van der Waals surface area contributed by atoms with Crippen LogP contribution in [-0.2, 0) is 11.2 Å². The van der Waals surface area contributed by atoms with Gasteiger partial charge in [0.1, 0.15) is 5.78 Å². The first-order valence-electron chi connectivity index (χ1n) is 7.79. The molecule has 3 nitrogen and oxygen atoms in total. The molecule has 0 saturated heterocycles. The highest BCUT2D eigenvalue weighted by molar-refractivity contribution is 6.02. The van der Waals surface area contributed by atoms with E-state index in [-0.39, 0.29) is 17.5 Å². The number of hydrogen-bond donors (Lipinski definition) is 0. The molecule has 1 unspecified atom stereocenters. The van der Waals surface area contributed by atoms with Gasteiger partial charge in [-0.1, -0.05) is 17.7 Å². The Morgan fingerprint density at radius 2 is 1.91 bits per heavy atom. The summed E-state index contributed by atoms with van der Waals surface area (Å²) in [6, 6.07) is 10.3. The van der Waals surface area contributed by atoms with Crippen molar-refractivity contribution >= 4 is 11.6 Å². The Bertz CT molecular complexity index is 738. The lowest BCUT2D eigenvalue weighted by Gasteiger charge is -2.22. The maximum atomic E-state index is 12.6. The van der Waals surface area contributed by atoms with E-state index in [0.717, 1.165) is 35.5 Å². The van der Waals surface area contributed by atoms with Gasteiger partial charge in [-0.2, -0.15) is 0 Å². The third-order valence-electron chi connectivity index (χ3n) is 4.48. The van der Waals surface area contributed by atoms with Crippen LogP contribution in [0.3, 0.4) is 0 Å². The van der Waals surface area contributed by atoms with E-state index in [2.05, 4.69) is 35.8 Å². The fourth-order valence-electron chi connectivity index (χ4n) is 3.41. The van der Waals surface area contributed by atoms with Crippen LogP contribution in [-0.4, -0.2) is 16.1 Å². The SMILES string of the molecule is CC(=O)CC1CCc2c(cc(C)n2-c2ccc(C)cc2)C1=O. The van der Waals surface area contributed by atoms with Crippen LogP contribution in [0.2, 0.25) is 0 Å². The number of Topliss-reactive ketones (excluding diaryl/α,β-unsaturated/α-hetero) is 2. The van der Waals surface area contributed by atoms with Gasteiger partial charge in [-0.3, -0.25) is 4.79 Å². The minimum Gasteiger partial charge on any atom is -0.317 e. The second-order valence-corrected chi connectivity index (χ2v) is 6.32. The molecule has 0 amide bonds. The van der Waals surface area contributed by atoms with Crippen LogP contribution in [0.15, 0.2) is 30.3 Å².